The summed E-state index contributed by atoms with van der Waals surface area (Å²) in [7, 11) is 6.79. The smallest absolute Gasteiger partial charge is 0.191 e. The van der Waals surface area contributed by atoms with E-state index in [2.05, 4.69) is 27.4 Å². The van der Waals surface area contributed by atoms with Gasteiger partial charge in [0.2, 0.25) is 0 Å². The van der Waals surface area contributed by atoms with Crippen LogP contribution < -0.4 is 24.8 Å². The second-order valence-electron chi connectivity index (χ2n) is 7.61. The molecule has 1 aliphatic heterocycles. The van der Waals surface area contributed by atoms with E-state index in [4.69, 9.17) is 14.2 Å². The highest BCUT2D eigenvalue weighted by molar-refractivity contribution is 14.0. The highest BCUT2D eigenvalue weighted by Gasteiger charge is 2.38. The van der Waals surface area contributed by atoms with E-state index in [1.807, 2.05) is 19.2 Å². The van der Waals surface area contributed by atoms with E-state index in [1.54, 1.807) is 21.3 Å². The second kappa shape index (κ2) is 11.1. The van der Waals surface area contributed by atoms with Crippen LogP contribution in [0.1, 0.15) is 31.7 Å². The van der Waals surface area contributed by atoms with Gasteiger partial charge in [0, 0.05) is 56.0 Å². The van der Waals surface area contributed by atoms with Gasteiger partial charge in [-0.05, 0) is 32.6 Å². The minimum absolute atomic E-state index is 0. The van der Waals surface area contributed by atoms with Gasteiger partial charge in [-0.3, -0.25) is 9.89 Å². The van der Waals surface area contributed by atoms with Gasteiger partial charge in [0.05, 0.1) is 21.3 Å². The molecule has 0 bridgehead atoms. The van der Waals surface area contributed by atoms with Crippen molar-refractivity contribution in [2.24, 2.45) is 4.99 Å². The topological polar surface area (TPSA) is 67.4 Å². The van der Waals surface area contributed by atoms with E-state index in [9.17, 15) is 0 Å². The van der Waals surface area contributed by atoms with E-state index in [0.717, 1.165) is 60.7 Å². The van der Waals surface area contributed by atoms with Gasteiger partial charge in [-0.25, -0.2) is 0 Å². The van der Waals surface area contributed by atoms with Crippen molar-refractivity contribution in [2.75, 3.05) is 41.5 Å². The fraction of sp³-hybridized carbons (Fsp3) is 0.667. The minimum Gasteiger partial charge on any atom is -0.496 e. The number of nitrogens with zero attached hydrogens (tertiary/aromatic N) is 2. The molecule has 1 saturated heterocycles. The van der Waals surface area contributed by atoms with Gasteiger partial charge in [-0.1, -0.05) is 0 Å². The molecule has 1 aromatic rings. The molecule has 7 nitrogen and oxygen atoms in total. The molecule has 3 rings (SSSR count). The molecule has 2 atom stereocenters. The number of aliphatic imine (C=N–C) groups is 1. The normalized spacial score (nSPS) is 22.0. The Morgan fingerprint density at radius 2 is 1.79 bits per heavy atom. The van der Waals surface area contributed by atoms with Gasteiger partial charge < -0.3 is 24.8 Å². The Labute approximate surface area is 191 Å². The number of likely N-dealkylation sites (tertiary alicyclic amines) is 1. The first kappa shape index (κ1) is 23.9. The molecule has 2 N–H and O–H groups in total. The first-order valence-electron chi connectivity index (χ1n) is 10.1. The lowest BCUT2D eigenvalue weighted by Gasteiger charge is -2.20. The van der Waals surface area contributed by atoms with Crippen LogP contribution in [0.25, 0.3) is 0 Å². The Balaban J connectivity index is 0.00000300. The fourth-order valence-corrected chi connectivity index (χ4v) is 4.09. The average Bonchev–Trinajstić information content (AvgIpc) is 3.49. The summed E-state index contributed by atoms with van der Waals surface area (Å²) in [6, 6.07) is 5.68. The van der Waals surface area contributed by atoms with E-state index < -0.39 is 0 Å². The lowest BCUT2D eigenvalue weighted by molar-refractivity contribution is 0.256. The molecule has 1 aliphatic carbocycles. The molecular weight excluding hydrogens is 483 g/mol. The number of ether oxygens (including phenoxy) is 3. The molecular formula is C21H35IN4O3. The zero-order chi connectivity index (χ0) is 20.1. The molecule has 0 aromatic heterocycles. The summed E-state index contributed by atoms with van der Waals surface area (Å²) in [5, 5.41) is 7.01. The van der Waals surface area contributed by atoms with Crippen LogP contribution in [-0.2, 0) is 6.42 Å². The van der Waals surface area contributed by atoms with Crippen molar-refractivity contribution in [1.82, 2.24) is 15.5 Å². The molecule has 1 aromatic carbocycles. The molecule has 0 radical (unpaired) electrons. The number of rotatable bonds is 8. The third-order valence-corrected chi connectivity index (χ3v) is 5.69. The lowest BCUT2D eigenvalue weighted by atomic mass is 10.1. The van der Waals surface area contributed by atoms with Gasteiger partial charge >= 0.3 is 0 Å². The molecule has 2 aliphatic rings. The highest BCUT2D eigenvalue weighted by Crippen LogP contribution is 2.34. The summed E-state index contributed by atoms with van der Waals surface area (Å²) in [4.78, 5) is 7.04. The lowest BCUT2D eigenvalue weighted by Crippen LogP contribution is -2.45. The predicted molar refractivity (Wildman–Crippen MR) is 127 cm³/mol. The van der Waals surface area contributed by atoms with Crippen LogP contribution in [0, 0.1) is 0 Å². The van der Waals surface area contributed by atoms with Crippen LogP contribution in [0.2, 0.25) is 0 Å². The Morgan fingerprint density at radius 3 is 2.31 bits per heavy atom. The first-order valence-corrected chi connectivity index (χ1v) is 10.1. The standard InChI is InChI=1S/C21H34N4O3.HI/c1-14-10-15(13-25(14)16-6-7-16)24-21(22-2)23-9-8-18-19(27-4)11-17(26-3)12-20(18)28-5;/h11-12,14-16H,6-10,13H2,1-5H3,(H2,22,23,24);1H. The predicted octanol–water partition coefficient (Wildman–Crippen LogP) is 2.66. The molecule has 164 valence electrons. The summed E-state index contributed by atoms with van der Waals surface area (Å²) in [6.45, 7) is 4.17. The third-order valence-electron chi connectivity index (χ3n) is 5.69. The Kier molecular flexibility index (Phi) is 9.13. The van der Waals surface area contributed by atoms with Crippen molar-refractivity contribution < 1.29 is 14.2 Å². The van der Waals surface area contributed by atoms with Gasteiger partial charge in [-0.15, -0.1) is 24.0 Å². The SMILES string of the molecule is CN=C(NCCc1c(OC)cc(OC)cc1OC)NC1CC(C)N(C2CC2)C1.I. The van der Waals surface area contributed by atoms with Crippen LogP contribution in [0.15, 0.2) is 17.1 Å². The van der Waals surface area contributed by atoms with Crippen molar-refractivity contribution in [3.63, 3.8) is 0 Å². The van der Waals surface area contributed by atoms with E-state index in [1.165, 1.54) is 12.8 Å². The second-order valence-corrected chi connectivity index (χ2v) is 7.61. The van der Waals surface area contributed by atoms with E-state index in [0.29, 0.717) is 12.1 Å². The van der Waals surface area contributed by atoms with E-state index >= 15 is 0 Å². The van der Waals surface area contributed by atoms with Crippen LogP contribution in [-0.4, -0.2) is 70.5 Å². The maximum atomic E-state index is 5.53. The Hall–Kier alpha value is -1.42. The van der Waals surface area contributed by atoms with Crippen LogP contribution in [0.3, 0.4) is 0 Å². The monoisotopic (exact) mass is 518 g/mol. The van der Waals surface area contributed by atoms with Gasteiger partial charge in [0.25, 0.3) is 0 Å². The molecule has 0 spiro atoms. The van der Waals surface area contributed by atoms with Crippen molar-refractivity contribution >= 4 is 29.9 Å². The van der Waals surface area contributed by atoms with Crippen LogP contribution in [0.4, 0.5) is 0 Å². The van der Waals surface area contributed by atoms with Gasteiger partial charge in [0.15, 0.2) is 5.96 Å². The molecule has 2 unspecified atom stereocenters. The summed E-state index contributed by atoms with van der Waals surface area (Å²) in [5.74, 6) is 3.11. The van der Waals surface area contributed by atoms with Crippen LogP contribution >= 0.6 is 24.0 Å². The zero-order valence-electron chi connectivity index (χ0n) is 18.2. The maximum Gasteiger partial charge on any atom is 0.191 e. The minimum atomic E-state index is 0. The third kappa shape index (κ3) is 6.04. The number of hydrogen-bond acceptors (Lipinski definition) is 5. The van der Waals surface area contributed by atoms with E-state index in [-0.39, 0.29) is 24.0 Å². The quantitative estimate of drug-likeness (QED) is 0.314. The summed E-state index contributed by atoms with van der Waals surface area (Å²) in [6.07, 6.45) is 4.63. The maximum absolute atomic E-state index is 5.53. The highest BCUT2D eigenvalue weighted by atomic mass is 127. The molecule has 0 amide bonds. The average molecular weight is 518 g/mol. The van der Waals surface area contributed by atoms with Crippen molar-refractivity contribution in [1.29, 1.82) is 0 Å². The number of nitrogens with one attached hydrogen (secondary N) is 2. The summed E-state index contributed by atoms with van der Waals surface area (Å²) >= 11 is 0. The zero-order valence-corrected chi connectivity index (χ0v) is 20.5. The number of halogens is 1. The first-order chi connectivity index (χ1) is 13.6. The molecule has 29 heavy (non-hydrogen) atoms. The molecule has 1 saturated carbocycles. The Bertz CT molecular complexity index is 671. The molecule has 1 heterocycles. The van der Waals surface area contributed by atoms with Crippen LogP contribution in [0.5, 0.6) is 17.2 Å². The summed E-state index contributed by atoms with van der Waals surface area (Å²) < 4.78 is 16.4. The van der Waals surface area contributed by atoms with Gasteiger partial charge in [-0.2, -0.15) is 0 Å². The van der Waals surface area contributed by atoms with Crippen molar-refractivity contribution in [3.05, 3.63) is 17.7 Å². The number of methoxy groups -OCH3 is 3. The number of hydrogen-bond donors (Lipinski definition) is 2. The largest absolute Gasteiger partial charge is 0.496 e. The fourth-order valence-electron chi connectivity index (χ4n) is 4.09. The molecule has 8 heteroatoms. The Morgan fingerprint density at radius 1 is 1.14 bits per heavy atom. The van der Waals surface area contributed by atoms with Crippen molar-refractivity contribution in [3.8, 4) is 17.2 Å². The van der Waals surface area contributed by atoms with Crippen molar-refractivity contribution in [2.45, 2.75) is 50.7 Å². The van der Waals surface area contributed by atoms with Gasteiger partial charge in [0.1, 0.15) is 17.2 Å². The summed E-state index contributed by atoms with van der Waals surface area (Å²) in [5.41, 5.74) is 1.02. The number of benzene rings is 1. The number of guanidine groups is 1. The molecule has 2 fully saturated rings.